The maximum Gasteiger partial charge on any atom is 0.238 e. The Kier molecular flexibility index (Phi) is 5.65. The minimum absolute atomic E-state index is 0.170. The van der Waals surface area contributed by atoms with E-state index < -0.39 is 0 Å². The van der Waals surface area contributed by atoms with Crippen LogP contribution in [0.1, 0.15) is 16.7 Å². The molecule has 2 aromatic rings. The maximum absolute atomic E-state index is 11.2. The van der Waals surface area contributed by atoms with Gasteiger partial charge in [0.05, 0.1) is 6.42 Å². The van der Waals surface area contributed by atoms with Crippen LogP contribution in [0.5, 0.6) is 0 Å². The van der Waals surface area contributed by atoms with E-state index in [9.17, 15) is 4.79 Å². The lowest BCUT2D eigenvalue weighted by Crippen LogP contribution is -2.31. The van der Waals surface area contributed by atoms with E-state index in [1.54, 1.807) is 0 Å². The lowest BCUT2D eigenvalue weighted by Gasteiger charge is -2.04. The smallest absolute Gasteiger partial charge is 0.238 e. The third kappa shape index (κ3) is 4.72. The second-order valence-electron chi connectivity index (χ2n) is 4.54. The molecule has 3 N–H and O–H groups in total. The van der Waals surface area contributed by atoms with Crippen LogP contribution in [0.4, 0.5) is 0 Å². The van der Waals surface area contributed by atoms with E-state index in [-0.39, 0.29) is 5.91 Å². The highest BCUT2D eigenvalue weighted by Gasteiger charge is 2.01. The van der Waals surface area contributed by atoms with Crippen LogP contribution in [0, 0.1) is 0 Å². The molecule has 2 aromatic carbocycles. The SMILES string of the molecule is NNC(=O)Cc1ccc(CSCc2ccccc2)cc1. The molecule has 2 rings (SSSR count). The van der Waals surface area contributed by atoms with Crippen molar-refractivity contribution in [1.82, 2.24) is 5.43 Å². The molecule has 0 aliphatic heterocycles. The number of nitrogens with one attached hydrogen (secondary N) is 1. The quantitative estimate of drug-likeness (QED) is 0.487. The van der Waals surface area contributed by atoms with Crippen LogP contribution in [0.2, 0.25) is 0 Å². The second kappa shape index (κ2) is 7.72. The molecule has 104 valence electrons. The van der Waals surface area contributed by atoms with E-state index in [2.05, 4.69) is 41.8 Å². The number of rotatable bonds is 6. The third-order valence-corrected chi connectivity index (χ3v) is 4.00. The molecular weight excluding hydrogens is 268 g/mol. The first kappa shape index (κ1) is 14.6. The largest absolute Gasteiger partial charge is 0.294 e. The van der Waals surface area contributed by atoms with Crippen molar-refractivity contribution < 1.29 is 4.79 Å². The number of hydrogen-bond donors (Lipinski definition) is 2. The van der Waals surface area contributed by atoms with Gasteiger partial charge in [-0.05, 0) is 16.7 Å². The van der Waals surface area contributed by atoms with Gasteiger partial charge in [0.2, 0.25) is 5.91 Å². The molecule has 0 aliphatic carbocycles. The molecule has 20 heavy (non-hydrogen) atoms. The highest BCUT2D eigenvalue weighted by molar-refractivity contribution is 7.97. The summed E-state index contributed by atoms with van der Waals surface area (Å²) in [6, 6.07) is 18.5. The molecule has 1 amide bonds. The number of carbonyl (C=O) groups is 1. The summed E-state index contributed by atoms with van der Waals surface area (Å²) in [5.74, 6) is 6.88. The number of hydrogen-bond acceptors (Lipinski definition) is 3. The van der Waals surface area contributed by atoms with E-state index in [1.165, 1.54) is 11.1 Å². The van der Waals surface area contributed by atoms with Crippen LogP contribution in [0.3, 0.4) is 0 Å². The summed E-state index contributed by atoms with van der Waals surface area (Å²) in [5, 5.41) is 0. The lowest BCUT2D eigenvalue weighted by molar-refractivity contribution is -0.120. The number of amides is 1. The molecule has 0 fully saturated rings. The summed E-state index contributed by atoms with van der Waals surface area (Å²) >= 11 is 1.88. The topological polar surface area (TPSA) is 55.1 Å². The first-order chi connectivity index (χ1) is 9.78. The van der Waals surface area contributed by atoms with E-state index in [1.807, 2.05) is 30.0 Å². The Morgan fingerprint density at radius 1 is 0.900 bits per heavy atom. The molecule has 0 spiro atoms. The van der Waals surface area contributed by atoms with Gasteiger partial charge >= 0.3 is 0 Å². The van der Waals surface area contributed by atoms with Crippen molar-refractivity contribution in [2.75, 3.05) is 0 Å². The molecule has 0 unspecified atom stereocenters. The van der Waals surface area contributed by atoms with Crippen LogP contribution in [-0.2, 0) is 22.7 Å². The summed E-state index contributed by atoms with van der Waals surface area (Å²) < 4.78 is 0. The standard InChI is InChI=1S/C16H18N2OS/c17-18-16(19)10-13-6-8-15(9-7-13)12-20-11-14-4-2-1-3-5-14/h1-9H,10-12,17H2,(H,18,19). The Morgan fingerprint density at radius 2 is 1.45 bits per heavy atom. The Balaban J connectivity index is 1.80. The summed E-state index contributed by atoms with van der Waals surface area (Å²) in [6.45, 7) is 0. The summed E-state index contributed by atoms with van der Waals surface area (Å²) in [5.41, 5.74) is 5.72. The molecule has 0 radical (unpaired) electrons. The molecule has 3 nitrogen and oxygen atoms in total. The molecule has 0 saturated carbocycles. The number of carbonyl (C=O) groups excluding carboxylic acids is 1. The van der Waals surface area contributed by atoms with Crippen molar-refractivity contribution in [2.24, 2.45) is 5.84 Å². The van der Waals surface area contributed by atoms with Gasteiger partial charge in [-0.3, -0.25) is 10.2 Å². The first-order valence-corrected chi connectivity index (χ1v) is 7.62. The zero-order chi connectivity index (χ0) is 14.2. The maximum atomic E-state index is 11.2. The van der Waals surface area contributed by atoms with Crippen LogP contribution in [-0.4, -0.2) is 5.91 Å². The van der Waals surface area contributed by atoms with Gasteiger partial charge in [-0.15, -0.1) is 0 Å². The monoisotopic (exact) mass is 286 g/mol. The fraction of sp³-hybridized carbons (Fsp3) is 0.188. The summed E-state index contributed by atoms with van der Waals surface area (Å²) in [6.07, 6.45) is 0.327. The number of benzene rings is 2. The third-order valence-electron chi connectivity index (χ3n) is 2.93. The van der Waals surface area contributed by atoms with Gasteiger partial charge < -0.3 is 0 Å². The molecule has 0 bridgehead atoms. The van der Waals surface area contributed by atoms with Gasteiger partial charge in [-0.1, -0.05) is 54.6 Å². The Morgan fingerprint density at radius 3 is 2.05 bits per heavy atom. The normalized spacial score (nSPS) is 10.2. The molecule has 0 aromatic heterocycles. The van der Waals surface area contributed by atoms with E-state index in [0.29, 0.717) is 6.42 Å². The number of nitrogens with two attached hydrogens (primary N) is 1. The van der Waals surface area contributed by atoms with Crippen LogP contribution < -0.4 is 11.3 Å². The molecule has 0 aliphatic rings. The van der Waals surface area contributed by atoms with Gasteiger partial charge in [-0.25, -0.2) is 5.84 Å². The predicted octanol–water partition coefficient (Wildman–Crippen LogP) is 2.65. The first-order valence-electron chi connectivity index (χ1n) is 6.47. The summed E-state index contributed by atoms with van der Waals surface area (Å²) in [7, 11) is 0. The Labute approximate surface area is 123 Å². The van der Waals surface area contributed by atoms with Crippen molar-refractivity contribution in [3.63, 3.8) is 0 Å². The minimum Gasteiger partial charge on any atom is -0.294 e. The fourth-order valence-corrected chi connectivity index (χ4v) is 2.81. The highest BCUT2D eigenvalue weighted by Crippen LogP contribution is 2.18. The van der Waals surface area contributed by atoms with Crippen molar-refractivity contribution >= 4 is 17.7 Å². The number of hydrazine groups is 1. The molecular formula is C16H18N2OS. The molecule has 0 heterocycles. The molecule has 4 heteroatoms. The zero-order valence-corrected chi connectivity index (χ0v) is 12.0. The lowest BCUT2D eigenvalue weighted by atomic mass is 10.1. The average Bonchev–Trinajstić information content (AvgIpc) is 2.50. The van der Waals surface area contributed by atoms with Crippen molar-refractivity contribution in [3.8, 4) is 0 Å². The average molecular weight is 286 g/mol. The Bertz CT molecular complexity index is 540. The van der Waals surface area contributed by atoms with E-state index >= 15 is 0 Å². The highest BCUT2D eigenvalue weighted by atomic mass is 32.2. The predicted molar refractivity (Wildman–Crippen MR) is 83.9 cm³/mol. The number of thioether (sulfide) groups is 1. The van der Waals surface area contributed by atoms with Crippen LogP contribution in [0.25, 0.3) is 0 Å². The van der Waals surface area contributed by atoms with Crippen molar-refractivity contribution in [3.05, 3.63) is 71.3 Å². The van der Waals surface area contributed by atoms with Crippen LogP contribution >= 0.6 is 11.8 Å². The van der Waals surface area contributed by atoms with Gasteiger partial charge in [0.1, 0.15) is 0 Å². The van der Waals surface area contributed by atoms with Crippen LogP contribution in [0.15, 0.2) is 54.6 Å². The van der Waals surface area contributed by atoms with Gasteiger partial charge in [0, 0.05) is 11.5 Å². The van der Waals surface area contributed by atoms with Gasteiger partial charge in [-0.2, -0.15) is 11.8 Å². The zero-order valence-electron chi connectivity index (χ0n) is 11.2. The second-order valence-corrected chi connectivity index (χ2v) is 5.52. The van der Waals surface area contributed by atoms with E-state index in [4.69, 9.17) is 5.84 Å². The molecule has 0 atom stereocenters. The minimum atomic E-state index is -0.170. The van der Waals surface area contributed by atoms with E-state index in [0.717, 1.165) is 17.1 Å². The van der Waals surface area contributed by atoms with Gasteiger partial charge in [0.15, 0.2) is 0 Å². The Hall–Kier alpha value is -1.78. The van der Waals surface area contributed by atoms with Gasteiger partial charge in [0.25, 0.3) is 0 Å². The fourth-order valence-electron chi connectivity index (χ4n) is 1.85. The van der Waals surface area contributed by atoms with Crippen molar-refractivity contribution in [1.29, 1.82) is 0 Å². The van der Waals surface area contributed by atoms with Crippen molar-refractivity contribution in [2.45, 2.75) is 17.9 Å². The molecule has 0 saturated heterocycles. The summed E-state index contributed by atoms with van der Waals surface area (Å²) in [4.78, 5) is 11.2.